The highest BCUT2D eigenvalue weighted by molar-refractivity contribution is 7.80. The lowest BCUT2D eigenvalue weighted by atomic mass is 10.1. The first-order valence-electron chi connectivity index (χ1n) is 12.3. The summed E-state index contributed by atoms with van der Waals surface area (Å²) in [6.45, 7) is 8.17. The van der Waals surface area contributed by atoms with Gasteiger partial charge in [0.25, 0.3) is 5.91 Å². The standard InChI is InChI=1S/C29H28N6OS/c1-4-34(5-2)23-12-14-24(15-13-23)35-32-26-16-19(3)25(18-27(26)33-35)30-29(37)31-28(36)22-11-10-20-8-6-7-9-21(20)17-22/h6-18H,4-5H2,1-3H3,(H2,30,31,36,37). The van der Waals surface area contributed by atoms with Gasteiger partial charge in [-0.15, -0.1) is 10.2 Å². The van der Waals surface area contributed by atoms with Crippen molar-refractivity contribution in [3.63, 3.8) is 0 Å². The fourth-order valence-corrected chi connectivity index (χ4v) is 4.57. The molecule has 2 N–H and O–H groups in total. The Labute approximate surface area is 221 Å². The number of hydrogen-bond acceptors (Lipinski definition) is 5. The van der Waals surface area contributed by atoms with Crippen molar-refractivity contribution < 1.29 is 4.79 Å². The summed E-state index contributed by atoms with van der Waals surface area (Å²) in [6, 6.07) is 25.6. The number of fused-ring (bicyclic) bond motifs is 2. The number of aromatic nitrogens is 3. The quantitative estimate of drug-likeness (QED) is 0.280. The van der Waals surface area contributed by atoms with Crippen LogP contribution in [0.4, 0.5) is 11.4 Å². The Morgan fingerprint density at radius 2 is 1.57 bits per heavy atom. The van der Waals surface area contributed by atoms with Crippen LogP contribution in [0.15, 0.2) is 78.9 Å². The number of amides is 1. The average Bonchev–Trinajstić information content (AvgIpc) is 3.32. The second-order valence-corrected chi connectivity index (χ2v) is 9.21. The average molecular weight is 509 g/mol. The number of carbonyl (C=O) groups excluding carboxylic acids is 1. The zero-order valence-corrected chi connectivity index (χ0v) is 21.8. The highest BCUT2D eigenvalue weighted by Gasteiger charge is 2.13. The van der Waals surface area contributed by atoms with Crippen LogP contribution in [0.1, 0.15) is 29.8 Å². The fourth-order valence-electron chi connectivity index (χ4n) is 4.36. The third-order valence-electron chi connectivity index (χ3n) is 6.42. The smallest absolute Gasteiger partial charge is 0.257 e. The van der Waals surface area contributed by atoms with Crippen LogP contribution in [0, 0.1) is 6.92 Å². The SMILES string of the molecule is CCN(CC)c1ccc(-n2nc3cc(C)c(NC(=S)NC(=O)c4ccc5ccccc5c4)cc3n2)cc1. The number of nitrogens with zero attached hydrogens (tertiary/aromatic N) is 4. The van der Waals surface area contributed by atoms with E-state index >= 15 is 0 Å². The molecule has 8 heteroatoms. The predicted molar refractivity (Wildman–Crippen MR) is 155 cm³/mol. The van der Waals surface area contributed by atoms with Crippen molar-refractivity contribution in [1.82, 2.24) is 20.3 Å². The van der Waals surface area contributed by atoms with Crippen molar-refractivity contribution in [3.8, 4) is 5.69 Å². The number of aryl methyl sites for hydroxylation is 1. The fraction of sp³-hybridized carbons (Fsp3) is 0.172. The highest BCUT2D eigenvalue weighted by Crippen LogP contribution is 2.23. The number of thiocarbonyl (C=S) groups is 1. The molecule has 186 valence electrons. The molecule has 37 heavy (non-hydrogen) atoms. The number of benzene rings is 4. The van der Waals surface area contributed by atoms with Gasteiger partial charge in [0, 0.05) is 30.0 Å². The van der Waals surface area contributed by atoms with Crippen molar-refractivity contribution in [2.45, 2.75) is 20.8 Å². The van der Waals surface area contributed by atoms with E-state index in [2.05, 4.69) is 51.7 Å². The Bertz CT molecular complexity index is 1600. The van der Waals surface area contributed by atoms with Gasteiger partial charge in [0.2, 0.25) is 0 Å². The summed E-state index contributed by atoms with van der Waals surface area (Å²) in [6.07, 6.45) is 0. The molecule has 0 aliphatic rings. The third-order valence-corrected chi connectivity index (χ3v) is 6.63. The van der Waals surface area contributed by atoms with Crippen LogP contribution in [-0.4, -0.2) is 39.1 Å². The molecule has 1 amide bonds. The molecule has 0 radical (unpaired) electrons. The minimum Gasteiger partial charge on any atom is -0.372 e. The minimum atomic E-state index is -0.263. The molecule has 0 spiro atoms. The van der Waals surface area contributed by atoms with Crippen molar-refractivity contribution in [1.29, 1.82) is 0 Å². The predicted octanol–water partition coefficient (Wildman–Crippen LogP) is 5.86. The van der Waals surface area contributed by atoms with Crippen LogP contribution in [0.5, 0.6) is 0 Å². The third kappa shape index (κ3) is 5.15. The second-order valence-electron chi connectivity index (χ2n) is 8.80. The summed E-state index contributed by atoms with van der Waals surface area (Å²) in [4.78, 5) is 16.7. The van der Waals surface area contributed by atoms with Gasteiger partial charge in [0.1, 0.15) is 11.0 Å². The largest absolute Gasteiger partial charge is 0.372 e. The van der Waals surface area contributed by atoms with E-state index in [1.165, 1.54) is 5.69 Å². The Morgan fingerprint density at radius 1 is 0.892 bits per heavy atom. The van der Waals surface area contributed by atoms with Gasteiger partial charge in [-0.25, -0.2) is 0 Å². The van der Waals surface area contributed by atoms with Crippen LogP contribution in [0.2, 0.25) is 0 Å². The molecule has 0 fully saturated rings. The van der Waals surface area contributed by atoms with E-state index < -0.39 is 0 Å². The van der Waals surface area contributed by atoms with Gasteiger partial charge >= 0.3 is 0 Å². The first kappa shape index (κ1) is 24.4. The van der Waals surface area contributed by atoms with E-state index in [4.69, 9.17) is 12.2 Å². The van der Waals surface area contributed by atoms with E-state index in [0.29, 0.717) is 5.56 Å². The van der Waals surface area contributed by atoms with Gasteiger partial charge in [-0.2, -0.15) is 4.80 Å². The van der Waals surface area contributed by atoms with Crippen LogP contribution in [-0.2, 0) is 0 Å². The minimum absolute atomic E-state index is 0.222. The zero-order chi connectivity index (χ0) is 25.9. The summed E-state index contributed by atoms with van der Waals surface area (Å²) >= 11 is 5.44. The van der Waals surface area contributed by atoms with Gasteiger partial charge in [0.15, 0.2) is 5.11 Å². The molecule has 5 aromatic rings. The number of rotatable bonds is 6. The maximum atomic E-state index is 12.8. The van der Waals surface area contributed by atoms with Crippen LogP contribution in [0.25, 0.3) is 27.5 Å². The molecule has 0 unspecified atom stereocenters. The molecular formula is C29H28N6OS. The summed E-state index contributed by atoms with van der Waals surface area (Å²) in [5.74, 6) is -0.263. The lowest BCUT2D eigenvalue weighted by Crippen LogP contribution is -2.34. The Kier molecular flexibility index (Phi) is 6.83. The van der Waals surface area contributed by atoms with E-state index in [-0.39, 0.29) is 11.0 Å². The lowest BCUT2D eigenvalue weighted by molar-refractivity contribution is 0.0978. The summed E-state index contributed by atoms with van der Waals surface area (Å²) in [5, 5.41) is 17.5. The summed E-state index contributed by atoms with van der Waals surface area (Å²) in [5.41, 5.74) is 5.82. The summed E-state index contributed by atoms with van der Waals surface area (Å²) in [7, 11) is 0. The van der Waals surface area contributed by atoms with Gasteiger partial charge in [-0.3, -0.25) is 10.1 Å². The topological polar surface area (TPSA) is 75.1 Å². The molecule has 0 bridgehead atoms. The normalized spacial score (nSPS) is 11.0. The van der Waals surface area contributed by atoms with Crippen LogP contribution in [0.3, 0.4) is 0 Å². The van der Waals surface area contributed by atoms with E-state index in [0.717, 1.165) is 51.8 Å². The number of anilines is 2. The Balaban J connectivity index is 1.31. The first-order chi connectivity index (χ1) is 17.9. The lowest BCUT2D eigenvalue weighted by Gasteiger charge is -2.20. The van der Waals surface area contributed by atoms with Gasteiger partial charge in [-0.05, 0) is 97.9 Å². The Morgan fingerprint density at radius 3 is 2.27 bits per heavy atom. The monoisotopic (exact) mass is 508 g/mol. The van der Waals surface area contributed by atoms with Gasteiger partial charge in [-0.1, -0.05) is 30.3 Å². The van der Waals surface area contributed by atoms with E-state index in [9.17, 15) is 4.79 Å². The maximum absolute atomic E-state index is 12.8. The second kappa shape index (κ2) is 10.4. The highest BCUT2D eigenvalue weighted by atomic mass is 32.1. The van der Waals surface area contributed by atoms with Crippen molar-refractivity contribution >= 4 is 56.4 Å². The van der Waals surface area contributed by atoms with E-state index in [1.807, 2.05) is 67.6 Å². The molecule has 0 aliphatic carbocycles. The molecule has 0 saturated heterocycles. The number of carbonyl (C=O) groups is 1. The molecule has 0 atom stereocenters. The molecule has 4 aromatic carbocycles. The zero-order valence-electron chi connectivity index (χ0n) is 21.0. The molecule has 1 aromatic heterocycles. The van der Waals surface area contributed by atoms with Crippen molar-refractivity contribution in [2.24, 2.45) is 0 Å². The summed E-state index contributed by atoms with van der Waals surface area (Å²) < 4.78 is 0. The van der Waals surface area contributed by atoms with Crippen LogP contribution < -0.4 is 15.5 Å². The van der Waals surface area contributed by atoms with Gasteiger partial charge < -0.3 is 10.2 Å². The van der Waals surface area contributed by atoms with Crippen molar-refractivity contribution in [2.75, 3.05) is 23.3 Å². The molecule has 1 heterocycles. The number of nitrogens with one attached hydrogen (secondary N) is 2. The molecule has 7 nitrogen and oxygen atoms in total. The molecule has 5 rings (SSSR count). The van der Waals surface area contributed by atoms with Crippen LogP contribution >= 0.6 is 12.2 Å². The Hall–Kier alpha value is -4.30. The molecule has 0 saturated carbocycles. The first-order valence-corrected chi connectivity index (χ1v) is 12.7. The van der Waals surface area contributed by atoms with Gasteiger partial charge in [0.05, 0.1) is 5.69 Å². The molecular weight excluding hydrogens is 480 g/mol. The van der Waals surface area contributed by atoms with E-state index in [1.54, 1.807) is 10.9 Å². The maximum Gasteiger partial charge on any atom is 0.257 e. The number of hydrogen-bond donors (Lipinski definition) is 2. The molecule has 0 aliphatic heterocycles. The van der Waals surface area contributed by atoms with Crippen molar-refractivity contribution in [3.05, 3.63) is 90.0 Å².